The molecule has 0 heterocycles. The van der Waals surface area contributed by atoms with E-state index < -0.39 is 17.8 Å². The lowest BCUT2D eigenvalue weighted by atomic mass is 9.95. The molecule has 108 valence electrons. The molecule has 2 rings (SSSR count). The zero-order valence-corrected chi connectivity index (χ0v) is 11.4. The largest absolute Gasteiger partial charge is 0.481 e. The van der Waals surface area contributed by atoms with E-state index in [-0.39, 0.29) is 17.9 Å². The third-order valence-electron chi connectivity index (χ3n) is 4.82. The van der Waals surface area contributed by atoms with Crippen LogP contribution in [0.25, 0.3) is 0 Å². The number of rotatable bonds is 6. The molecule has 2 saturated carbocycles. The van der Waals surface area contributed by atoms with Crippen LogP contribution in [0.4, 0.5) is 0 Å². The van der Waals surface area contributed by atoms with Crippen LogP contribution in [-0.2, 0) is 9.59 Å². The van der Waals surface area contributed by atoms with E-state index in [0.29, 0.717) is 25.3 Å². The van der Waals surface area contributed by atoms with Gasteiger partial charge in [0.2, 0.25) is 5.91 Å². The molecular weight excluding hydrogens is 246 g/mol. The summed E-state index contributed by atoms with van der Waals surface area (Å²) in [7, 11) is 0. The highest BCUT2D eigenvalue weighted by atomic mass is 16.4. The van der Waals surface area contributed by atoms with Crippen LogP contribution in [0, 0.1) is 23.2 Å². The standard InChI is InChI=1S/C14H23NO4/c1-2-9-5-10(11(6-9)13(18)19)12(17)15-7-14(8-16)3-4-14/h9-11,16H,2-8H2,1H3,(H,15,17)(H,18,19). The van der Waals surface area contributed by atoms with Gasteiger partial charge in [-0.2, -0.15) is 0 Å². The van der Waals surface area contributed by atoms with Crippen molar-refractivity contribution in [2.75, 3.05) is 13.2 Å². The first-order chi connectivity index (χ1) is 9.01. The summed E-state index contributed by atoms with van der Waals surface area (Å²) in [5.74, 6) is -1.63. The maximum atomic E-state index is 12.2. The molecule has 5 nitrogen and oxygen atoms in total. The topological polar surface area (TPSA) is 86.6 Å². The Kier molecular flexibility index (Phi) is 4.13. The Labute approximate surface area is 113 Å². The maximum absolute atomic E-state index is 12.2. The van der Waals surface area contributed by atoms with E-state index in [9.17, 15) is 19.8 Å². The lowest BCUT2D eigenvalue weighted by molar-refractivity contribution is -0.146. The minimum atomic E-state index is -0.862. The van der Waals surface area contributed by atoms with Crippen LogP contribution in [0.3, 0.4) is 0 Å². The van der Waals surface area contributed by atoms with Crippen LogP contribution in [0.5, 0.6) is 0 Å². The van der Waals surface area contributed by atoms with Crippen molar-refractivity contribution in [2.45, 2.75) is 39.0 Å². The van der Waals surface area contributed by atoms with E-state index in [1.165, 1.54) is 0 Å². The number of hydrogen-bond acceptors (Lipinski definition) is 3. The smallest absolute Gasteiger partial charge is 0.307 e. The normalized spacial score (nSPS) is 32.0. The van der Waals surface area contributed by atoms with Crippen molar-refractivity contribution in [3.8, 4) is 0 Å². The second-order valence-corrected chi connectivity index (χ2v) is 6.17. The molecule has 0 radical (unpaired) electrons. The molecule has 2 aliphatic rings. The number of carboxylic acids is 1. The van der Waals surface area contributed by atoms with Crippen molar-refractivity contribution in [3.05, 3.63) is 0 Å². The molecule has 5 heteroatoms. The summed E-state index contributed by atoms with van der Waals surface area (Å²) in [6.45, 7) is 2.61. The van der Waals surface area contributed by atoms with Crippen LogP contribution < -0.4 is 5.32 Å². The Balaban J connectivity index is 1.91. The predicted molar refractivity (Wildman–Crippen MR) is 69.4 cm³/mol. The van der Waals surface area contributed by atoms with Gasteiger partial charge in [-0.15, -0.1) is 0 Å². The second-order valence-electron chi connectivity index (χ2n) is 6.17. The number of aliphatic hydroxyl groups excluding tert-OH is 1. The van der Waals surface area contributed by atoms with Gasteiger partial charge in [0.05, 0.1) is 18.4 Å². The average Bonchev–Trinajstić information content (AvgIpc) is 3.05. The van der Waals surface area contributed by atoms with Crippen molar-refractivity contribution in [1.82, 2.24) is 5.32 Å². The van der Waals surface area contributed by atoms with Gasteiger partial charge < -0.3 is 15.5 Å². The minimum Gasteiger partial charge on any atom is -0.481 e. The van der Waals surface area contributed by atoms with E-state index in [2.05, 4.69) is 5.32 Å². The van der Waals surface area contributed by atoms with Crippen molar-refractivity contribution < 1.29 is 19.8 Å². The molecule has 19 heavy (non-hydrogen) atoms. The number of nitrogens with one attached hydrogen (secondary N) is 1. The molecule has 0 aromatic rings. The van der Waals surface area contributed by atoms with E-state index in [1.807, 2.05) is 6.92 Å². The molecule has 0 spiro atoms. The average molecular weight is 269 g/mol. The van der Waals surface area contributed by atoms with E-state index in [0.717, 1.165) is 19.3 Å². The molecule has 0 saturated heterocycles. The number of aliphatic hydroxyl groups is 1. The van der Waals surface area contributed by atoms with Gasteiger partial charge in [-0.05, 0) is 31.6 Å². The van der Waals surface area contributed by atoms with Crippen LogP contribution in [0.1, 0.15) is 39.0 Å². The second kappa shape index (κ2) is 5.49. The fraction of sp³-hybridized carbons (Fsp3) is 0.857. The molecule has 0 aliphatic heterocycles. The van der Waals surface area contributed by atoms with Crippen LogP contribution in [0.15, 0.2) is 0 Å². The summed E-state index contributed by atoms with van der Waals surface area (Å²) >= 11 is 0. The van der Waals surface area contributed by atoms with E-state index >= 15 is 0 Å². The fourth-order valence-electron chi connectivity index (χ4n) is 3.01. The van der Waals surface area contributed by atoms with Crippen molar-refractivity contribution in [2.24, 2.45) is 23.2 Å². The number of amides is 1. The number of carboxylic acid groups (broad SMARTS) is 1. The van der Waals surface area contributed by atoms with Crippen molar-refractivity contribution in [3.63, 3.8) is 0 Å². The third kappa shape index (κ3) is 3.08. The Morgan fingerprint density at radius 2 is 1.89 bits per heavy atom. The molecule has 3 atom stereocenters. The first-order valence-electron chi connectivity index (χ1n) is 7.12. The quantitative estimate of drug-likeness (QED) is 0.671. The number of hydrogen-bond donors (Lipinski definition) is 3. The highest BCUT2D eigenvalue weighted by molar-refractivity contribution is 5.85. The molecule has 0 bridgehead atoms. The molecule has 0 aromatic carbocycles. The zero-order valence-electron chi connectivity index (χ0n) is 11.4. The Bertz CT molecular complexity index is 364. The van der Waals surface area contributed by atoms with Crippen molar-refractivity contribution in [1.29, 1.82) is 0 Å². The van der Waals surface area contributed by atoms with Gasteiger partial charge in [0, 0.05) is 12.0 Å². The predicted octanol–water partition coefficient (Wildman–Crippen LogP) is 1.01. The summed E-state index contributed by atoms with van der Waals surface area (Å²) in [4.78, 5) is 23.4. The first-order valence-corrected chi connectivity index (χ1v) is 7.12. The highest BCUT2D eigenvalue weighted by Crippen LogP contribution is 2.44. The summed E-state index contributed by atoms with van der Waals surface area (Å²) in [6, 6.07) is 0. The van der Waals surface area contributed by atoms with E-state index in [1.54, 1.807) is 0 Å². The summed E-state index contributed by atoms with van der Waals surface area (Å²) in [5, 5.41) is 21.3. The summed E-state index contributed by atoms with van der Waals surface area (Å²) in [5.41, 5.74) is -0.128. The number of aliphatic carboxylic acids is 1. The maximum Gasteiger partial charge on any atom is 0.307 e. The Morgan fingerprint density at radius 1 is 1.26 bits per heavy atom. The fourth-order valence-corrected chi connectivity index (χ4v) is 3.01. The molecule has 2 aliphatic carbocycles. The van der Waals surface area contributed by atoms with Gasteiger partial charge in [0.25, 0.3) is 0 Å². The molecule has 3 unspecified atom stereocenters. The van der Waals surface area contributed by atoms with Gasteiger partial charge in [0.1, 0.15) is 0 Å². The summed E-state index contributed by atoms with van der Waals surface area (Å²) in [6.07, 6.45) is 4.08. The monoisotopic (exact) mass is 269 g/mol. The van der Waals surface area contributed by atoms with Gasteiger partial charge in [-0.25, -0.2) is 0 Å². The van der Waals surface area contributed by atoms with Gasteiger partial charge in [-0.1, -0.05) is 13.3 Å². The third-order valence-corrected chi connectivity index (χ3v) is 4.82. The van der Waals surface area contributed by atoms with Gasteiger partial charge in [0.15, 0.2) is 0 Å². The van der Waals surface area contributed by atoms with E-state index in [4.69, 9.17) is 0 Å². The van der Waals surface area contributed by atoms with Gasteiger partial charge >= 0.3 is 5.97 Å². The van der Waals surface area contributed by atoms with Crippen LogP contribution >= 0.6 is 0 Å². The molecular formula is C14H23NO4. The minimum absolute atomic E-state index is 0.0951. The zero-order chi connectivity index (χ0) is 14.0. The van der Waals surface area contributed by atoms with Crippen LogP contribution in [0.2, 0.25) is 0 Å². The molecule has 0 aromatic heterocycles. The lowest BCUT2D eigenvalue weighted by Gasteiger charge is -2.18. The SMILES string of the molecule is CCC1CC(C(=O)O)C(C(=O)NCC2(CO)CC2)C1. The summed E-state index contributed by atoms with van der Waals surface area (Å²) < 4.78 is 0. The molecule has 2 fully saturated rings. The van der Waals surface area contributed by atoms with Crippen molar-refractivity contribution >= 4 is 11.9 Å². The number of carbonyl (C=O) groups excluding carboxylic acids is 1. The Morgan fingerprint density at radius 3 is 2.37 bits per heavy atom. The highest BCUT2D eigenvalue weighted by Gasteiger charge is 2.45. The molecule has 1 amide bonds. The Hall–Kier alpha value is -1.10. The lowest BCUT2D eigenvalue weighted by Crippen LogP contribution is -2.39. The number of carbonyl (C=O) groups is 2. The molecule has 3 N–H and O–H groups in total. The van der Waals surface area contributed by atoms with Gasteiger partial charge in [-0.3, -0.25) is 9.59 Å². The first kappa shape index (κ1) is 14.3. The van der Waals surface area contributed by atoms with Crippen LogP contribution in [-0.4, -0.2) is 35.2 Å².